The predicted octanol–water partition coefficient (Wildman–Crippen LogP) is 5.16. The van der Waals surface area contributed by atoms with Gasteiger partial charge < -0.3 is 15.6 Å². The molecule has 0 spiro atoms. The first-order valence-electron chi connectivity index (χ1n) is 9.28. The lowest BCUT2D eigenvalue weighted by Crippen LogP contribution is -2.12. The van der Waals surface area contributed by atoms with Crippen LogP contribution in [0.2, 0.25) is 0 Å². The highest BCUT2D eigenvalue weighted by atomic mass is 16.8. The molecule has 32 heavy (non-hydrogen) atoms. The molecule has 0 aliphatic carbocycles. The number of hydrogen-bond acceptors (Lipinski definition) is 8. The number of rotatable bonds is 6. The number of nitriles is 2. The van der Waals surface area contributed by atoms with Crippen LogP contribution in [0.25, 0.3) is 24.3 Å². The Hall–Kier alpha value is -4.44. The number of nitrogens with zero attached hydrogens (tertiary/aromatic N) is 4. The van der Waals surface area contributed by atoms with E-state index >= 15 is 0 Å². The van der Waals surface area contributed by atoms with Gasteiger partial charge in [-0.1, -0.05) is 54.6 Å². The van der Waals surface area contributed by atoms with Crippen molar-refractivity contribution in [1.82, 2.24) is 0 Å². The van der Waals surface area contributed by atoms with E-state index in [4.69, 9.17) is 10.5 Å². The van der Waals surface area contributed by atoms with Gasteiger partial charge in [0.1, 0.15) is 5.69 Å². The van der Waals surface area contributed by atoms with Crippen molar-refractivity contribution < 1.29 is 10.4 Å². The maximum atomic E-state index is 11.3. The van der Waals surface area contributed by atoms with Crippen molar-refractivity contribution in [2.24, 2.45) is 0 Å². The van der Waals surface area contributed by atoms with Crippen LogP contribution in [0.5, 0.6) is 0 Å². The molecule has 3 aromatic rings. The molecule has 0 saturated heterocycles. The normalized spacial score (nSPS) is 10.8. The number of anilines is 2. The van der Waals surface area contributed by atoms with Crippen molar-refractivity contribution in [3.63, 3.8) is 0 Å². The average Bonchev–Trinajstić information content (AvgIpc) is 2.81. The molecule has 0 aliphatic rings. The van der Waals surface area contributed by atoms with Crippen LogP contribution < -0.4 is 10.5 Å². The molecule has 158 valence electrons. The van der Waals surface area contributed by atoms with Crippen molar-refractivity contribution in [2.45, 2.75) is 0 Å². The molecule has 0 saturated carbocycles. The third kappa shape index (κ3) is 5.37. The molecule has 0 radical (unpaired) electrons. The van der Waals surface area contributed by atoms with Gasteiger partial charge in [0.05, 0.1) is 23.3 Å². The van der Waals surface area contributed by atoms with Crippen LogP contribution in [-0.2, 0) is 0 Å². The minimum atomic E-state index is -0.527. The van der Waals surface area contributed by atoms with Gasteiger partial charge in [0.15, 0.2) is 0 Å². The van der Waals surface area contributed by atoms with Gasteiger partial charge in [0.2, 0.25) is 0 Å². The van der Waals surface area contributed by atoms with Crippen molar-refractivity contribution in [3.8, 4) is 12.1 Å². The SMILES string of the molecule is N#Cc1ccc(C=Cc2cccc(C=Cc3ccc(C#N)cc3N(O)O)c2)c(N([O-])[O-])c1. The lowest BCUT2D eigenvalue weighted by Gasteiger charge is -2.38. The van der Waals surface area contributed by atoms with Gasteiger partial charge in [-0.15, -0.1) is 5.23 Å². The van der Waals surface area contributed by atoms with Crippen LogP contribution >= 0.6 is 0 Å². The first-order valence-corrected chi connectivity index (χ1v) is 9.28. The van der Waals surface area contributed by atoms with Gasteiger partial charge in [0, 0.05) is 11.3 Å². The fourth-order valence-electron chi connectivity index (χ4n) is 2.98. The first-order chi connectivity index (χ1) is 15.4. The topological polar surface area (TPSA) is 141 Å². The maximum Gasteiger partial charge on any atom is 0.103 e. The monoisotopic (exact) mass is 424 g/mol. The third-order valence-corrected chi connectivity index (χ3v) is 4.55. The maximum absolute atomic E-state index is 11.3. The molecule has 0 atom stereocenters. The Bertz CT molecular complexity index is 1170. The Morgan fingerprint density at radius 2 is 1.19 bits per heavy atom. The van der Waals surface area contributed by atoms with Crippen LogP contribution in [0.1, 0.15) is 33.4 Å². The summed E-state index contributed by atoms with van der Waals surface area (Å²) in [5.74, 6) is 0. The summed E-state index contributed by atoms with van der Waals surface area (Å²) in [6.45, 7) is 0. The van der Waals surface area contributed by atoms with E-state index in [-0.39, 0.29) is 27.7 Å². The molecule has 0 unspecified atom stereocenters. The van der Waals surface area contributed by atoms with Crippen LogP contribution in [-0.4, -0.2) is 10.4 Å². The second kappa shape index (κ2) is 10.0. The van der Waals surface area contributed by atoms with E-state index in [9.17, 15) is 20.8 Å². The molecule has 0 fully saturated rings. The summed E-state index contributed by atoms with van der Waals surface area (Å²) >= 11 is 0. The molecule has 3 aromatic carbocycles. The van der Waals surface area contributed by atoms with E-state index in [0.717, 1.165) is 11.1 Å². The first kappa shape index (κ1) is 22.2. The van der Waals surface area contributed by atoms with E-state index in [1.807, 2.05) is 36.4 Å². The Labute approximate surface area is 184 Å². The van der Waals surface area contributed by atoms with Crippen LogP contribution in [0.4, 0.5) is 11.4 Å². The standard InChI is InChI=1S/C24H16N4O4/c25-15-19-6-10-21(23(13-19)27(29)30)8-4-17-2-1-3-18(12-17)5-9-22-11-7-20(16-26)14-24(22)28(31)32/h1-14,29-30H/q-2. The van der Waals surface area contributed by atoms with Crippen molar-refractivity contribution in [3.05, 3.63) is 104 Å². The van der Waals surface area contributed by atoms with Gasteiger partial charge in [-0.3, -0.25) is 10.4 Å². The number of hydrogen-bond donors (Lipinski definition) is 2. The molecular weight excluding hydrogens is 408 g/mol. The molecule has 0 bridgehead atoms. The predicted molar refractivity (Wildman–Crippen MR) is 122 cm³/mol. The minimum absolute atomic E-state index is 0.0375. The smallest absolute Gasteiger partial charge is 0.103 e. The van der Waals surface area contributed by atoms with Gasteiger partial charge in [-0.05, 0) is 47.0 Å². The highest BCUT2D eigenvalue weighted by Crippen LogP contribution is 2.25. The molecule has 0 aromatic heterocycles. The summed E-state index contributed by atoms with van der Waals surface area (Å²) in [5, 5.41) is 58.7. The molecule has 8 heteroatoms. The molecule has 0 aliphatic heterocycles. The third-order valence-electron chi connectivity index (χ3n) is 4.55. The minimum Gasteiger partial charge on any atom is -0.769 e. The van der Waals surface area contributed by atoms with E-state index in [1.165, 1.54) is 24.3 Å². The number of benzene rings is 3. The zero-order chi connectivity index (χ0) is 23.1. The zero-order valence-electron chi connectivity index (χ0n) is 16.6. The highest BCUT2D eigenvalue weighted by molar-refractivity contribution is 5.81. The van der Waals surface area contributed by atoms with Crippen LogP contribution in [0, 0.1) is 33.1 Å². The summed E-state index contributed by atoms with van der Waals surface area (Å²) in [6.07, 6.45) is 6.76. The Morgan fingerprint density at radius 1 is 0.688 bits per heavy atom. The average molecular weight is 424 g/mol. The fourth-order valence-corrected chi connectivity index (χ4v) is 2.98. The van der Waals surface area contributed by atoms with E-state index in [1.54, 1.807) is 36.4 Å². The second-order valence-corrected chi connectivity index (χ2v) is 6.65. The molecule has 0 amide bonds. The van der Waals surface area contributed by atoms with Crippen LogP contribution in [0.15, 0.2) is 60.7 Å². The summed E-state index contributed by atoms with van der Waals surface area (Å²) in [6, 6.07) is 20.0. The van der Waals surface area contributed by atoms with Crippen LogP contribution in [0.3, 0.4) is 0 Å². The van der Waals surface area contributed by atoms with Gasteiger partial charge in [-0.25, -0.2) is 0 Å². The Kier molecular flexibility index (Phi) is 6.99. The lowest BCUT2D eigenvalue weighted by molar-refractivity contribution is 0.0290. The molecule has 0 heterocycles. The van der Waals surface area contributed by atoms with Crippen molar-refractivity contribution in [1.29, 1.82) is 10.5 Å². The van der Waals surface area contributed by atoms with E-state index in [2.05, 4.69) is 0 Å². The Balaban J connectivity index is 1.86. The highest BCUT2D eigenvalue weighted by Gasteiger charge is 2.07. The Morgan fingerprint density at radius 3 is 1.66 bits per heavy atom. The summed E-state index contributed by atoms with van der Waals surface area (Å²) < 4.78 is 0. The molecule has 3 rings (SSSR count). The van der Waals surface area contributed by atoms with Gasteiger partial charge in [0.25, 0.3) is 0 Å². The van der Waals surface area contributed by atoms with Gasteiger partial charge in [-0.2, -0.15) is 10.5 Å². The second-order valence-electron chi connectivity index (χ2n) is 6.65. The van der Waals surface area contributed by atoms with Crippen molar-refractivity contribution >= 4 is 35.7 Å². The van der Waals surface area contributed by atoms with E-state index in [0.29, 0.717) is 11.1 Å². The zero-order valence-corrected chi connectivity index (χ0v) is 16.6. The molecule has 2 N–H and O–H groups in total. The lowest BCUT2D eigenvalue weighted by atomic mass is 10.0. The van der Waals surface area contributed by atoms with Crippen molar-refractivity contribution in [2.75, 3.05) is 10.5 Å². The fraction of sp³-hybridized carbons (Fsp3) is 0. The van der Waals surface area contributed by atoms with Gasteiger partial charge >= 0.3 is 0 Å². The molecular formula is C24H16N4O4-2. The molecule has 8 nitrogen and oxygen atoms in total. The quantitative estimate of drug-likeness (QED) is 0.408. The summed E-state index contributed by atoms with van der Waals surface area (Å²) in [7, 11) is 0. The largest absolute Gasteiger partial charge is 0.769 e. The summed E-state index contributed by atoms with van der Waals surface area (Å²) in [5.41, 5.74) is 2.87. The van der Waals surface area contributed by atoms with E-state index < -0.39 is 5.23 Å². The summed E-state index contributed by atoms with van der Waals surface area (Å²) in [4.78, 5) is 0.